The fourth-order valence-corrected chi connectivity index (χ4v) is 1.38. The lowest BCUT2D eigenvalue weighted by atomic mass is 10.1. The summed E-state index contributed by atoms with van der Waals surface area (Å²) in [6.45, 7) is 2.33. The topological polar surface area (TPSA) is 70.8 Å². The monoisotopic (exact) mass is 217 g/mol. The van der Waals surface area contributed by atoms with Crippen LogP contribution in [0.5, 0.6) is 0 Å². The largest absolute Gasteiger partial charge is 0.464 e. The molecule has 1 fully saturated rings. The van der Waals surface area contributed by atoms with E-state index in [9.17, 15) is 4.79 Å². The number of esters is 1. The summed E-state index contributed by atoms with van der Waals surface area (Å²) in [6, 6.07) is -0.577. The number of carbonyl (C=O) groups excluding carboxylic acids is 1. The lowest BCUT2D eigenvalue weighted by Gasteiger charge is -2.13. The first-order valence-electron chi connectivity index (χ1n) is 5.23. The Balaban J connectivity index is 2.11. The second kappa shape index (κ2) is 6.76. The van der Waals surface area contributed by atoms with Crippen LogP contribution in [0, 0.1) is 5.92 Å². The van der Waals surface area contributed by atoms with Crippen molar-refractivity contribution in [2.24, 2.45) is 11.7 Å². The molecule has 0 aliphatic carbocycles. The van der Waals surface area contributed by atoms with Crippen LogP contribution in [-0.4, -0.2) is 45.5 Å². The molecule has 5 heteroatoms. The Kier molecular flexibility index (Phi) is 5.60. The van der Waals surface area contributed by atoms with Gasteiger partial charge < -0.3 is 19.9 Å². The first-order chi connectivity index (χ1) is 7.24. The standard InChI is InChI=1S/C10H19NO4/c1-13-4-3-9(11)10(12)15-7-8-2-5-14-6-8/h8-9H,2-7,11H2,1H3. The Hall–Kier alpha value is -0.650. The summed E-state index contributed by atoms with van der Waals surface area (Å²) in [4.78, 5) is 11.4. The van der Waals surface area contributed by atoms with E-state index in [1.165, 1.54) is 0 Å². The van der Waals surface area contributed by atoms with Crippen molar-refractivity contribution in [3.8, 4) is 0 Å². The molecule has 1 heterocycles. The van der Waals surface area contributed by atoms with Gasteiger partial charge >= 0.3 is 5.97 Å². The maximum Gasteiger partial charge on any atom is 0.323 e. The zero-order valence-corrected chi connectivity index (χ0v) is 9.11. The predicted octanol–water partition coefficient (Wildman–Crippen LogP) is -0.0701. The van der Waals surface area contributed by atoms with Crippen LogP contribution in [0.1, 0.15) is 12.8 Å². The minimum Gasteiger partial charge on any atom is -0.464 e. The van der Waals surface area contributed by atoms with Gasteiger partial charge in [-0.25, -0.2) is 0 Å². The summed E-state index contributed by atoms with van der Waals surface area (Å²) >= 11 is 0. The molecule has 0 aromatic heterocycles. The van der Waals surface area contributed by atoms with Crippen LogP contribution >= 0.6 is 0 Å². The van der Waals surface area contributed by atoms with Crippen molar-refractivity contribution < 1.29 is 19.0 Å². The van der Waals surface area contributed by atoms with Gasteiger partial charge in [0.25, 0.3) is 0 Å². The van der Waals surface area contributed by atoms with Crippen molar-refractivity contribution in [2.75, 3.05) is 33.5 Å². The van der Waals surface area contributed by atoms with Crippen LogP contribution in [0.3, 0.4) is 0 Å². The van der Waals surface area contributed by atoms with E-state index in [1.54, 1.807) is 7.11 Å². The van der Waals surface area contributed by atoms with Crippen molar-refractivity contribution in [1.82, 2.24) is 0 Å². The Labute approximate surface area is 89.9 Å². The Bertz CT molecular complexity index is 192. The normalized spacial score (nSPS) is 22.7. The van der Waals surface area contributed by atoms with Gasteiger partial charge in [-0.15, -0.1) is 0 Å². The molecule has 0 spiro atoms. The molecule has 1 aliphatic rings. The molecule has 2 atom stereocenters. The number of nitrogens with two attached hydrogens (primary N) is 1. The van der Waals surface area contributed by atoms with Gasteiger partial charge in [-0.2, -0.15) is 0 Å². The van der Waals surface area contributed by atoms with Gasteiger partial charge in [-0.1, -0.05) is 0 Å². The summed E-state index contributed by atoms with van der Waals surface area (Å²) in [5, 5.41) is 0. The van der Waals surface area contributed by atoms with Crippen molar-refractivity contribution in [1.29, 1.82) is 0 Å². The van der Waals surface area contributed by atoms with Crippen molar-refractivity contribution in [3.05, 3.63) is 0 Å². The number of ether oxygens (including phenoxy) is 3. The molecule has 0 amide bonds. The van der Waals surface area contributed by atoms with Gasteiger partial charge in [0.15, 0.2) is 0 Å². The Morgan fingerprint density at radius 2 is 2.47 bits per heavy atom. The molecule has 5 nitrogen and oxygen atoms in total. The van der Waals surface area contributed by atoms with Crippen LogP contribution < -0.4 is 5.73 Å². The molecule has 0 saturated carbocycles. The minimum absolute atomic E-state index is 0.337. The molecule has 2 unspecified atom stereocenters. The third kappa shape index (κ3) is 4.59. The maximum atomic E-state index is 11.4. The first kappa shape index (κ1) is 12.4. The molecule has 0 aromatic carbocycles. The zero-order chi connectivity index (χ0) is 11.1. The zero-order valence-electron chi connectivity index (χ0n) is 9.11. The van der Waals surface area contributed by atoms with Crippen LogP contribution in [0.4, 0.5) is 0 Å². The summed E-state index contributed by atoms with van der Waals surface area (Å²) < 4.78 is 15.1. The van der Waals surface area contributed by atoms with E-state index < -0.39 is 6.04 Å². The second-order valence-corrected chi connectivity index (χ2v) is 3.75. The summed E-state index contributed by atoms with van der Waals surface area (Å²) in [5.41, 5.74) is 5.60. The van der Waals surface area contributed by atoms with E-state index in [0.717, 1.165) is 13.0 Å². The molecule has 0 bridgehead atoms. The molecule has 0 aromatic rings. The van der Waals surface area contributed by atoms with Crippen LogP contribution in [-0.2, 0) is 19.0 Å². The second-order valence-electron chi connectivity index (χ2n) is 3.75. The quantitative estimate of drug-likeness (QED) is 0.631. The third-order valence-corrected chi connectivity index (χ3v) is 2.42. The molecule has 2 N–H and O–H groups in total. The molecule has 1 aliphatic heterocycles. The molecule has 1 saturated heterocycles. The fraction of sp³-hybridized carbons (Fsp3) is 0.900. The molecule has 15 heavy (non-hydrogen) atoms. The Morgan fingerprint density at radius 1 is 1.67 bits per heavy atom. The number of carbonyl (C=O) groups is 1. The van der Waals surface area contributed by atoms with Gasteiger partial charge in [0.2, 0.25) is 0 Å². The highest BCUT2D eigenvalue weighted by Gasteiger charge is 2.20. The average Bonchev–Trinajstić information content (AvgIpc) is 2.75. The summed E-state index contributed by atoms with van der Waals surface area (Å²) in [5.74, 6) is -0.0116. The van der Waals surface area contributed by atoms with Crippen molar-refractivity contribution in [3.63, 3.8) is 0 Å². The average molecular weight is 217 g/mol. The van der Waals surface area contributed by atoms with Crippen LogP contribution in [0.15, 0.2) is 0 Å². The Morgan fingerprint density at radius 3 is 3.07 bits per heavy atom. The van der Waals surface area contributed by atoms with Crippen molar-refractivity contribution >= 4 is 5.97 Å². The van der Waals surface area contributed by atoms with Crippen LogP contribution in [0.25, 0.3) is 0 Å². The molecular formula is C10H19NO4. The van der Waals surface area contributed by atoms with E-state index in [1.807, 2.05) is 0 Å². The van der Waals surface area contributed by atoms with Gasteiger partial charge in [-0.05, 0) is 12.8 Å². The lowest BCUT2D eigenvalue weighted by Crippen LogP contribution is -2.34. The van der Waals surface area contributed by atoms with E-state index >= 15 is 0 Å². The van der Waals surface area contributed by atoms with Gasteiger partial charge in [0.05, 0.1) is 13.2 Å². The van der Waals surface area contributed by atoms with E-state index in [-0.39, 0.29) is 5.97 Å². The third-order valence-electron chi connectivity index (χ3n) is 2.42. The number of rotatable bonds is 6. The number of hydrogen-bond acceptors (Lipinski definition) is 5. The van der Waals surface area contributed by atoms with Crippen molar-refractivity contribution in [2.45, 2.75) is 18.9 Å². The van der Waals surface area contributed by atoms with Gasteiger partial charge in [0.1, 0.15) is 6.04 Å². The van der Waals surface area contributed by atoms with E-state index in [0.29, 0.717) is 32.2 Å². The number of hydrogen-bond donors (Lipinski definition) is 1. The highest BCUT2D eigenvalue weighted by molar-refractivity contribution is 5.75. The first-order valence-corrected chi connectivity index (χ1v) is 5.23. The van der Waals surface area contributed by atoms with Gasteiger partial charge in [-0.3, -0.25) is 4.79 Å². The van der Waals surface area contributed by atoms with E-state index in [4.69, 9.17) is 19.9 Å². The van der Waals surface area contributed by atoms with E-state index in [2.05, 4.69) is 0 Å². The van der Waals surface area contributed by atoms with Crippen LogP contribution in [0.2, 0.25) is 0 Å². The maximum absolute atomic E-state index is 11.4. The fourth-order valence-electron chi connectivity index (χ4n) is 1.38. The summed E-state index contributed by atoms with van der Waals surface area (Å²) in [6.07, 6.45) is 1.46. The molecule has 1 rings (SSSR count). The summed E-state index contributed by atoms with van der Waals surface area (Å²) in [7, 11) is 1.58. The van der Waals surface area contributed by atoms with Gasteiger partial charge in [0, 0.05) is 26.2 Å². The SMILES string of the molecule is COCCC(N)C(=O)OCC1CCOC1. The minimum atomic E-state index is -0.577. The predicted molar refractivity (Wildman–Crippen MR) is 54.4 cm³/mol. The highest BCUT2D eigenvalue weighted by atomic mass is 16.5. The highest BCUT2D eigenvalue weighted by Crippen LogP contribution is 2.12. The smallest absolute Gasteiger partial charge is 0.323 e. The molecule has 88 valence electrons. The number of methoxy groups -OCH3 is 1. The molecule has 0 radical (unpaired) electrons. The molecular weight excluding hydrogens is 198 g/mol. The lowest BCUT2D eigenvalue weighted by molar-refractivity contribution is -0.147.